The predicted molar refractivity (Wildman–Crippen MR) is 90.2 cm³/mol. The van der Waals surface area contributed by atoms with Crippen LogP contribution in [0.5, 0.6) is 0 Å². The minimum absolute atomic E-state index is 0.518. The lowest BCUT2D eigenvalue weighted by Crippen LogP contribution is -2.28. The minimum atomic E-state index is 0.518. The fourth-order valence-corrected chi connectivity index (χ4v) is 2.95. The average Bonchev–Trinajstić information content (AvgIpc) is 2.43. The van der Waals surface area contributed by atoms with E-state index in [1.54, 1.807) is 0 Å². The van der Waals surface area contributed by atoms with E-state index in [4.69, 9.17) is 0 Å². The summed E-state index contributed by atoms with van der Waals surface area (Å²) in [5, 5.41) is 3.44. The van der Waals surface area contributed by atoms with Crippen LogP contribution in [0.3, 0.4) is 0 Å². The van der Waals surface area contributed by atoms with Crippen LogP contribution in [0, 0.1) is 6.92 Å². The van der Waals surface area contributed by atoms with Gasteiger partial charge in [-0.1, -0.05) is 57.9 Å². The van der Waals surface area contributed by atoms with Gasteiger partial charge in [0.25, 0.3) is 0 Å². The molecule has 0 bridgehead atoms. The van der Waals surface area contributed by atoms with Crippen LogP contribution < -0.4 is 5.32 Å². The number of likely N-dealkylation sites (N-methyl/N-ethyl adjacent to an activating group) is 1. The molecule has 106 valence electrons. The molecule has 1 N–H and O–H groups in total. The van der Waals surface area contributed by atoms with Crippen molar-refractivity contribution in [1.82, 2.24) is 5.32 Å². The Hall–Kier alpha value is -1.12. The molecule has 0 aliphatic carbocycles. The SMILES string of the molecule is CNC(CCc1cccc(C)c1)Cc1cccc(Br)c1. The van der Waals surface area contributed by atoms with E-state index in [1.807, 2.05) is 0 Å². The molecule has 0 saturated heterocycles. The second kappa shape index (κ2) is 7.61. The summed E-state index contributed by atoms with van der Waals surface area (Å²) in [6.07, 6.45) is 3.36. The summed E-state index contributed by atoms with van der Waals surface area (Å²) in [7, 11) is 2.05. The molecular weight excluding hydrogens is 310 g/mol. The number of nitrogens with one attached hydrogen (secondary N) is 1. The second-order valence-corrected chi connectivity index (χ2v) is 6.26. The number of halogens is 1. The van der Waals surface area contributed by atoms with Gasteiger partial charge in [0.05, 0.1) is 0 Å². The Morgan fingerprint density at radius 3 is 2.50 bits per heavy atom. The molecule has 2 aromatic rings. The van der Waals surface area contributed by atoms with Gasteiger partial charge in [0.2, 0.25) is 0 Å². The highest BCUT2D eigenvalue weighted by Crippen LogP contribution is 2.15. The smallest absolute Gasteiger partial charge is 0.0178 e. The van der Waals surface area contributed by atoms with Gasteiger partial charge in [0.15, 0.2) is 0 Å². The van der Waals surface area contributed by atoms with Crippen LogP contribution in [-0.2, 0) is 12.8 Å². The maximum atomic E-state index is 3.54. The van der Waals surface area contributed by atoms with Crippen molar-refractivity contribution in [2.24, 2.45) is 0 Å². The third-order valence-corrected chi connectivity index (χ3v) is 4.14. The van der Waals surface area contributed by atoms with E-state index >= 15 is 0 Å². The van der Waals surface area contributed by atoms with E-state index in [2.05, 4.69) is 83.7 Å². The van der Waals surface area contributed by atoms with Gasteiger partial charge in [-0.05, 0) is 56.5 Å². The van der Waals surface area contributed by atoms with Crippen LogP contribution in [0.15, 0.2) is 53.0 Å². The van der Waals surface area contributed by atoms with Crippen molar-refractivity contribution in [2.75, 3.05) is 7.05 Å². The molecule has 0 aliphatic heterocycles. The zero-order valence-corrected chi connectivity index (χ0v) is 13.8. The first-order valence-electron chi connectivity index (χ1n) is 7.14. The largest absolute Gasteiger partial charge is 0.317 e. The molecule has 0 saturated carbocycles. The Balaban J connectivity index is 1.92. The highest BCUT2D eigenvalue weighted by atomic mass is 79.9. The summed E-state index contributed by atoms with van der Waals surface area (Å²) in [5.74, 6) is 0. The fraction of sp³-hybridized carbons (Fsp3) is 0.333. The highest BCUT2D eigenvalue weighted by Gasteiger charge is 2.08. The van der Waals surface area contributed by atoms with Gasteiger partial charge in [0.1, 0.15) is 0 Å². The van der Waals surface area contributed by atoms with E-state index in [1.165, 1.54) is 16.7 Å². The molecule has 1 atom stereocenters. The lowest BCUT2D eigenvalue weighted by Gasteiger charge is -2.16. The second-order valence-electron chi connectivity index (χ2n) is 5.35. The van der Waals surface area contributed by atoms with Gasteiger partial charge in [-0.2, -0.15) is 0 Å². The maximum Gasteiger partial charge on any atom is 0.0178 e. The Morgan fingerprint density at radius 1 is 1.05 bits per heavy atom. The van der Waals surface area contributed by atoms with Crippen molar-refractivity contribution in [3.8, 4) is 0 Å². The highest BCUT2D eigenvalue weighted by molar-refractivity contribution is 9.10. The first-order valence-corrected chi connectivity index (χ1v) is 7.94. The van der Waals surface area contributed by atoms with Crippen LogP contribution in [0.1, 0.15) is 23.1 Å². The third kappa shape index (κ3) is 4.77. The Labute approximate surface area is 130 Å². The number of hydrogen-bond donors (Lipinski definition) is 1. The summed E-state index contributed by atoms with van der Waals surface area (Å²) in [6, 6.07) is 17.9. The molecule has 0 aromatic heterocycles. The Morgan fingerprint density at radius 2 is 1.80 bits per heavy atom. The van der Waals surface area contributed by atoms with Crippen molar-refractivity contribution in [2.45, 2.75) is 32.2 Å². The molecule has 1 nitrogen and oxygen atoms in total. The van der Waals surface area contributed by atoms with Crippen molar-refractivity contribution in [3.05, 3.63) is 69.7 Å². The van der Waals surface area contributed by atoms with Crippen LogP contribution in [0.2, 0.25) is 0 Å². The number of benzene rings is 2. The van der Waals surface area contributed by atoms with E-state index in [0.717, 1.165) is 23.7 Å². The van der Waals surface area contributed by atoms with Gasteiger partial charge in [-0.3, -0.25) is 0 Å². The van der Waals surface area contributed by atoms with E-state index in [0.29, 0.717) is 6.04 Å². The molecule has 0 amide bonds. The minimum Gasteiger partial charge on any atom is -0.317 e. The molecule has 2 heteroatoms. The molecule has 20 heavy (non-hydrogen) atoms. The number of rotatable bonds is 6. The number of hydrogen-bond acceptors (Lipinski definition) is 1. The Kier molecular flexibility index (Phi) is 5.81. The monoisotopic (exact) mass is 331 g/mol. The summed E-state index contributed by atoms with van der Waals surface area (Å²) in [4.78, 5) is 0. The Bertz CT molecular complexity index is 551. The topological polar surface area (TPSA) is 12.0 Å². The molecule has 0 spiro atoms. The molecule has 2 aromatic carbocycles. The zero-order valence-electron chi connectivity index (χ0n) is 12.2. The molecule has 0 aliphatic rings. The molecule has 1 unspecified atom stereocenters. The van der Waals surface area contributed by atoms with Crippen LogP contribution in [-0.4, -0.2) is 13.1 Å². The van der Waals surface area contributed by atoms with Crippen molar-refractivity contribution >= 4 is 15.9 Å². The molecule has 0 heterocycles. The summed E-state index contributed by atoms with van der Waals surface area (Å²) in [5.41, 5.74) is 4.15. The maximum absolute atomic E-state index is 3.54. The summed E-state index contributed by atoms with van der Waals surface area (Å²) >= 11 is 3.54. The third-order valence-electron chi connectivity index (χ3n) is 3.64. The lowest BCUT2D eigenvalue weighted by molar-refractivity contribution is 0.520. The predicted octanol–water partition coefficient (Wildman–Crippen LogP) is 4.52. The van der Waals surface area contributed by atoms with Crippen molar-refractivity contribution in [3.63, 3.8) is 0 Å². The quantitative estimate of drug-likeness (QED) is 0.820. The number of aryl methyl sites for hydroxylation is 2. The van der Waals surface area contributed by atoms with Crippen molar-refractivity contribution < 1.29 is 0 Å². The molecule has 0 radical (unpaired) electrons. The standard InChI is InChI=1S/C18H22BrN/c1-14-5-3-6-15(11-14)9-10-18(20-2)13-16-7-4-8-17(19)12-16/h3-8,11-12,18,20H,9-10,13H2,1-2H3. The van der Waals surface area contributed by atoms with E-state index in [9.17, 15) is 0 Å². The summed E-state index contributed by atoms with van der Waals surface area (Å²) < 4.78 is 1.16. The van der Waals surface area contributed by atoms with Crippen LogP contribution in [0.25, 0.3) is 0 Å². The fourth-order valence-electron chi connectivity index (χ4n) is 2.51. The van der Waals surface area contributed by atoms with Gasteiger partial charge in [0, 0.05) is 10.5 Å². The van der Waals surface area contributed by atoms with E-state index in [-0.39, 0.29) is 0 Å². The summed E-state index contributed by atoms with van der Waals surface area (Å²) in [6.45, 7) is 2.15. The van der Waals surface area contributed by atoms with Crippen molar-refractivity contribution in [1.29, 1.82) is 0 Å². The zero-order chi connectivity index (χ0) is 14.4. The normalized spacial score (nSPS) is 12.3. The average molecular weight is 332 g/mol. The lowest BCUT2D eigenvalue weighted by atomic mass is 9.98. The van der Waals surface area contributed by atoms with Gasteiger partial charge >= 0.3 is 0 Å². The first kappa shape index (κ1) is 15.3. The van der Waals surface area contributed by atoms with Crippen LogP contribution >= 0.6 is 15.9 Å². The molecule has 2 rings (SSSR count). The van der Waals surface area contributed by atoms with Crippen LogP contribution in [0.4, 0.5) is 0 Å². The van der Waals surface area contributed by atoms with Gasteiger partial charge in [-0.25, -0.2) is 0 Å². The van der Waals surface area contributed by atoms with Gasteiger partial charge < -0.3 is 5.32 Å². The van der Waals surface area contributed by atoms with E-state index < -0.39 is 0 Å². The van der Waals surface area contributed by atoms with Gasteiger partial charge in [-0.15, -0.1) is 0 Å². The molecular formula is C18H22BrN. The molecule has 0 fully saturated rings. The first-order chi connectivity index (χ1) is 9.67.